The fraction of sp³-hybridized carbons (Fsp3) is 0.111. The van der Waals surface area contributed by atoms with Crippen molar-refractivity contribution < 1.29 is 0 Å². The standard InChI is InChI=1S/C18H18N8/c1-9(2)13-21-15(25-17(19)23-13)11-7-5-6-8-12(11)16-22-14(10(3)4)24-18(20)26-16/h5-8H,1,3H2,2,4H3,(H2,19,21,23,25)(H2,20,22,24,26). The van der Waals surface area contributed by atoms with Crippen LogP contribution in [0.15, 0.2) is 37.4 Å². The van der Waals surface area contributed by atoms with E-state index in [0.29, 0.717) is 45.6 Å². The molecule has 0 unspecified atom stereocenters. The molecule has 130 valence electrons. The molecule has 0 aliphatic rings. The summed E-state index contributed by atoms with van der Waals surface area (Å²) in [6.07, 6.45) is 0. The summed E-state index contributed by atoms with van der Waals surface area (Å²) in [5.74, 6) is 1.89. The van der Waals surface area contributed by atoms with Gasteiger partial charge in [0, 0.05) is 11.1 Å². The minimum atomic E-state index is 0.112. The van der Waals surface area contributed by atoms with E-state index < -0.39 is 0 Å². The molecule has 0 aliphatic carbocycles. The lowest BCUT2D eigenvalue weighted by atomic mass is 10.1. The van der Waals surface area contributed by atoms with Crippen LogP contribution in [-0.4, -0.2) is 29.9 Å². The van der Waals surface area contributed by atoms with Gasteiger partial charge in [0.25, 0.3) is 0 Å². The van der Waals surface area contributed by atoms with Crippen molar-refractivity contribution in [2.75, 3.05) is 11.5 Å². The quantitative estimate of drug-likeness (QED) is 0.737. The van der Waals surface area contributed by atoms with E-state index in [1.807, 2.05) is 24.3 Å². The van der Waals surface area contributed by atoms with E-state index in [1.54, 1.807) is 13.8 Å². The van der Waals surface area contributed by atoms with Crippen molar-refractivity contribution in [1.29, 1.82) is 0 Å². The number of anilines is 2. The normalized spacial score (nSPS) is 10.5. The Morgan fingerprint density at radius 2 is 1.08 bits per heavy atom. The summed E-state index contributed by atoms with van der Waals surface area (Å²) in [6, 6.07) is 7.44. The van der Waals surface area contributed by atoms with E-state index in [1.165, 1.54) is 0 Å². The highest BCUT2D eigenvalue weighted by Gasteiger charge is 2.16. The summed E-state index contributed by atoms with van der Waals surface area (Å²) in [5, 5.41) is 0. The molecule has 2 heterocycles. The van der Waals surface area contributed by atoms with Crippen LogP contribution < -0.4 is 11.5 Å². The summed E-state index contributed by atoms with van der Waals surface area (Å²) in [7, 11) is 0. The van der Waals surface area contributed by atoms with Crippen LogP contribution in [-0.2, 0) is 0 Å². The number of allylic oxidation sites excluding steroid dienone is 2. The Morgan fingerprint density at radius 3 is 1.42 bits per heavy atom. The number of nitrogen functional groups attached to an aromatic ring is 2. The lowest BCUT2D eigenvalue weighted by Crippen LogP contribution is -2.06. The topological polar surface area (TPSA) is 129 Å². The van der Waals surface area contributed by atoms with Crippen molar-refractivity contribution in [3.63, 3.8) is 0 Å². The fourth-order valence-corrected chi connectivity index (χ4v) is 2.28. The van der Waals surface area contributed by atoms with Gasteiger partial charge in [-0.05, 0) is 25.0 Å². The van der Waals surface area contributed by atoms with Crippen LogP contribution in [0.25, 0.3) is 33.9 Å². The molecule has 2 aromatic heterocycles. The minimum absolute atomic E-state index is 0.112. The van der Waals surface area contributed by atoms with Crippen LogP contribution in [0.3, 0.4) is 0 Å². The van der Waals surface area contributed by atoms with Crippen LogP contribution >= 0.6 is 0 Å². The SMILES string of the molecule is C=C(C)c1nc(N)nc(-c2ccccc2-c2nc(N)nc(C(=C)C)n2)n1. The molecule has 0 fully saturated rings. The van der Waals surface area contributed by atoms with E-state index in [4.69, 9.17) is 11.5 Å². The second kappa shape index (κ2) is 6.67. The Hall–Kier alpha value is -3.68. The first-order chi connectivity index (χ1) is 12.3. The van der Waals surface area contributed by atoms with Crippen LogP contribution in [0.1, 0.15) is 25.5 Å². The molecule has 0 atom stereocenters. The Morgan fingerprint density at radius 1 is 0.692 bits per heavy atom. The maximum absolute atomic E-state index is 5.84. The molecule has 0 radical (unpaired) electrons. The third-order valence-electron chi connectivity index (χ3n) is 3.48. The largest absolute Gasteiger partial charge is 0.368 e. The molecule has 1 aromatic carbocycles. The van der Waals surface area contributed by atoms with Gasteiger partial charge in [-0.1, -0.05) is 37.4 Å². The summed E-state index contributed by atoms with van der Waals surface area (Å²) in [4.78, 5) is 25.6. The number of hydrogen-bond acceptors (Lipinski definition) is 8. The Bertz CT molecular complexity index is 943. The molecule has 0 saturated heterocycles. The third kappa shape index (κ3) is 3.39. The summed E-state index contributed by atoms with van der Waals surface area (Å²) in [6.45, 7) is 11.3. The van der Waals surface area contributed by atoms with Crippen LogP contribution in [0.4, 0.5) is 11.9 Å². The van der Waals surface area contributed by atoms with E-state index in [9.17, 15) is 0 Å². The van der Waals surface area contributed by atoms with E-state index in [-0.39, 0.29) is 11.9 Å². The van der Waals surface area contributed by atoms with Gasteiger partial charge in [0.1, 0.15) is 0 Å². The van der Waals surface area contributed by atoms with Crippen molar-refractivity contribution in [3.05, 3.63) is 49.1 Å². The van der Waals surface area contributed by atoms with Gasteiger partial charge in [-0.25, -0.2) is 9.97 Å². The zero-order valence-electron chi connectivity index (χ0n) is 14.6. The smallest absolute Gasteiger partial charge is 0.224 e. The van der Waals surface area contributed by atoms with E-state index >= 15 is 0 Å². The molecule has 3 aromatic rings. The summed E-state index contributed by atoms with van der Waals surface area (Å²) in [5.41, 5.74) is 14.4. The molecular weight excluding hydrogens is 328 g/mol. The van der Waals surface area contributed by atoms with Crippen molar-refractivity contribution in [3.8, 4) is 22.8 Å². The van der Waals surface area contributed by atoms with E-state index in [0.717, 1.165) is 0 Å². The highest BCUT2D eigenvalue weighted by molar-refractivity contribution is 5.78. The first-order valence-corrected chi connectivity index (χ1v) is 7.80. The zero-order valence-corrected chi connectivity index (χ0v) is 14.6. The fourth-order valence-electron chi connectivity index (χ4n) is 2.28. The molecule has 0 saturated carbocycles. The first kappa shape index (κ1) is 17.2. The molecule has 0 amide bonds. The molecule has 0 bridgehead atoms. The first-order valence-electron chi connectivity index (χ1n) is 7.80. The van der Waals surface area contributed by atoms with Gasteiger partial charge in [-0.3, -0.25) is 0 Å². The number of nitrogens with zero attached hydrogens (tertiary/aromatic N) is 6. The highest BCUT2D eigenvalue weighted by atomic mass is 15.1. The Labute approximate surface area is 150 Å². The van der Waals surface area contributed by atoms with Crippen LogP contribution in [0, 0.1) is 0 Å². The van der Waals surface area contributed by atoms with Gasteiger partial charge in [-0.15, -0.1) is 0 Å². The summed E-state index contributed by atoms with van der Waals surface area (Å²) >= 11 is 0. The van der Waals surface area contributed by atoms with Gasteiger partial charge in [0.15, 0.2) is 23.3 Å². The Kier molecular flexibility index (Phi) is 4.40. The van der Waals surface area contributed by atoms with E-state index in [2.05, 4.69) is 43.1 Å². The number of aromatic nitrogens is 6. The van der Waals surface area contributed by atoms with Crippen molar-refractivity contribution in [1.82, 2.24) is 29.9 Å². The minimum Gasteiger partial charge on any atom is -0.368 e. The molecular formula is C18H18N8. The van der Waals surface area contributed by atoms with Crippen LogP contribution in [0.2, 0.25) is 0 Å². The van der Waals surface area contributed by atoms with Crippen LogP contribution in [0.5, 0.6) is 0 Å². The van der Waals surface area contributed by atoms with Crippen molar-refractivity contribution in [2.45, 2.75) is 13.8 Å². The maximum Gasteiger partial charge on any atom is 0.224 e. The Balaban J connectivity index is 2.23. The lowest BCUT2D eigenvalue weighted by molar-refractivity contribution is 1.03. The van der Waals surface area contributed by atoms with Gasteiger partial charge in [0.2, 0.25) is 11.9 Å². The average molecular weight is 346 g/mol. The predicted octanol–water partition coefficient (Wildman–Crippen LogP) is 2.62. The molecule has 0 aliphatic heterocycles. The molecule has 0 spiro atoms. The maximum atomic E-state index is 5.84. The number of benzene rings is 1. The average Bonchev–Trinajstić information content (AvgIpc) is 2.60. The predicted molar refractivity (Wildman–Crippen MR) is 102 cm³/mol. The van der Waals surface area contributed by atoms with Crippen molar-refractivity contribution >= 4 is 23.0 Å². The number of hydrogen-bond donors (Lipinski definition) is 2. The zero-order chi connectivity index (χ0) is 18.8. The van der Waals surface area contributed by atoms with Gasteiger partial charge in [0.05, 0.1) is 0 Å². The second-order valence-corrected chi connectivity index (χ2v) is 5.79. The van der Waals surface area contributed by atoms with Gasteiger partial charge >= 0.3 is 0 Å². The number of nitrogens with two attached hydrogens (primary N) is 2. The summed E-state index contributed by atoms with van der Waals surface area (Å²) < 4.78 is 0. The number of rotatable bonds is 4. The molecule has 8 nitrogen and oxygen atoms in total. The lowest BCUT2D eigenvalue weighted by Gasteiger charge is -2.10. The molecule has 26 heavy (non-hydrogen) atoms. The van der Waals surface area contributed by atoms with Gasteiger partial charge in [-0.2, -0.15) is 19.9 Å². The highest BCUT2D eigenvalue weighted by Crippen LogP contribution is 2.29. The second-order valence-electron chi connectivity index (χ2n) is 5.79. The third-order valence-corrected chi connectivity index (χ3v) is 3.48. The molecule has 3 rings (SSSR count). The van der Waals surface area contributed by atoms with Crippen molar-refractivity contribution in [2.24, 2.45) is 0 Å². The van der Waals surface area contributed by atoms with Gasteiger partial charge < -0.3 is 11.5 Å². The molecule has 4 N–H and O–H groups in total. The monoisotopic (exact) mass is 346 g/mol. The molecule has 8 heteroatoms.